The molecule has 0 radical (unpaired) electrons. The van der Waals surface area contributed by atoms with Crippen molar-refractivity contribution in [2.45, 2.75) is 106 Å². The highest BCUT2D eigenvalue weighted by Crippen LogP contribution is 2.68. The van der Waals surface area contributed by atoms with Crippen LogP contribution in [0.4, 0.5) is 0 Å². The highest BCUT2D eigenvalue weighted by Gasteiger charge is 2.63. The first-order valence-electron chi connectivity index (χ1n) is 13.0. The van der Waals surface area contributed by atoms with Crippen molar-refractivity contribution in [2.24, 2.45) is 45.8 Å². The third-order valence-corrected chi connectivity index (χ3v) is 10.6. The Bertz CT molecular complexity index is 785. The summed E-state index contributed by atoms with van der Waals surface area (Å²) in [6.07, 6.45) is 13.3. The Labute approximate surface area is 191 Å². The van der Waals surface area contributed by atoms with E-state index in [1.54, 1.807) is 0 Å². The molecule has 0 amide bonds. The Morgan fingerprint density at radius 1 is 1.23 bits per heavy atom. The minimum atomic E-state index is -0.311. The van der Waals surface area contributed by atoms with Gasteiger partial charge >= 0.3 is 0 Å². The quantitative estimate of drug-likeness (QED) is 0.486. The molecule has 2 nitrogen and oxygen atoms in total. The van der Waals surface area contributed by atoms with Gasteiger partial charge in [-0.25, -0.2) is 0 Å². The monoisotopic (exact) mass is 426 g/mol. The van der Waals surface area contributed by atoms with Crippen LogP contribution in [-0.2, 0) is 4.79 Å². The number of hydrogen-bond donors (Lipinski definition) is 1. The van der Waals surface area contributed by atoms with E-state index in [-0.39, 0.29) is 22.3 Å². The summed E-state index contributed by atoms with van der Waals surface area (Å²) in [5.41, 5.74) is 2.91. The van der Waals surface area contributed by atoms with E-state index in [4.69, 9.17) is 0 Å². The highest BCUT2D eigenvalue weighted by atomic mass is 16.3. The predicted octanol–water partition coefficient (Wildman–Crippen LogP) is 7.12. The fourth-order valence-corrected chi connectivity index (χ4v) is 9.05. The molecule has 4 aliphatic rings. The summed E-state index contributed by atoms with van der Waals surface area (Å²) in [4.78, 5) is 12.7. The lowest BCUT2D eigenvalue weighted by Crippen LogP contribution is -2.55. The number of carbonyl (C=O) groups is 1. The van der Waals surface area contributed by atoms with Crippen molar-refractivity contribution >= 4 is 5.78 Å². The molecule has 1 N–H and O–H groups in total. The van der Waals surface area contributed by atoms with Gasteiger partial charge in [0.25, 0.3) is 0 Å². The Morgan fingerprint density at radius 2 is 1.94 bits per heavy atom. The first-order valence-corrected chi connectivity index (χ1v) is 13.0. The number of hydrogen-bond acceptors (Lipinski definition) is 2. The van der Waals surface area contributed by atoms with E-state index in [9.17, 15) is 9.90 Å². The zero-order chi connectivity index (χ0) is 22.8. The molecule has 0 unspecified atom stereocenters. The van der Waals surface area contributed by atoms with Gasteiger partial charge in [0, 0.05) is 11.8 Å². The number of carbonyl (C=O) groups excluding carboxylic acids is 1. The Kier molecular flexibility index (Phi) is 5.90. The van der Waals surface area contributed by atoms with Gasteiger partial charge in [-0.3, -0.25) is 4.79 Å². The van der Waals surface area contributed by atoms with Crippen molar-refractivity contribution < 1.29 is 9.90 Å². The predicted molar refractivity (Wildman–Crippen MR) is 129 cm³/mol. The van der Waals surface area contributed by atoms with Crippen LogP contribution >= 0.6 is 0 Å². The molecular weight excluding hydrogens is 380 g/mol. The normalized spacial score (nSPS) is 44.6. The summed E-state index contributed by atoms with van der Waals surface area (Å²) < 4.78 is 0. The van der Waals surface area contributed by atoms with E-state index in [2.05, 4.69) is 60.6 Å². The minimum absolute atomic E-state index is 0.133. The maximum absolute atomic E-state index is 12.7. The van der Waals surface area contributed by atoms with E-state index in [1.807, 2.05) is 0 Å². The second kappa shape index (κ2) is 7.86. The van der Waals surface area contributed by atoms with Crippen LogP contribution in [0.2, 0.25) is 0 Å². The zero-order valence-electron chi connectivity index (χ0n) is 21.1. The molecule has 4 rings (SSSR count). The Balaban J connectivity index is 1.61. The van der Waals surface area contributed by atoms with Crippen LogP contribution in [0.3, 0.4) is 0 Å². The van der Waals surface area contributed by atoms with Crippen molar-refractivity contribution in [1.82, 2.24) is 0 Å². The Morgan fingerprint density at radius 3 is 2.61 bits per heavy atom. The standard InChI is InChI=1S/C29H46O2/c1-18(2)9-8-10-19(3)22-17-23(30)26-20-11-12-24-27(4,5)25(31)14-16-28(24,6)21(20)13-15-29(22,26)7/h9,12,19-23,26,30H,8,10-11,13-17H2,1-7H3/t19-,20-,21+,22-,23-,26-,28-,29-/m1/s1. The van der Waals surface area contributed by atoms with E-state index < -0.39 is 0 Å². The molecule has 0 aromatic rings. The second-order valence-corrected chi connectivity index (χ2v) is 12.9. The number of fused-ring (bicyclic) bond motifs is 5. The number of allylic oxidation sites excluding steroid dienone is 4. The molecule has 0 aliphatic heterocycles. The van der Waals surface area contributed by atoms with Crippen LogP contribution in [0.15, 0.2) is 23.3 Å². The number of rotatable bonds is 4. The highest BCUT2D eigenvalue weighted by molar-refractivity contribution is 5.89. The number of aliphatic hydroxyl groups is 1. The molecule has 2 heteroatoms. The van der Waals surface area contributed by atoms with Crippen LogP contribution in [-0.4, -0.2) is 17.0 Å². The average molecular weight is 427 g/mol. The van der Waals surface area contributed by atoms with E-state index in [0.29, 0.717) is 35.4 Å². The number of ketones is 1. The van der Waals surface area contributed by atoms with Crippen LogP contribution in [0.5, 0.6) is 0 Å². The fourth-order valence-electron chi connectivity index (χ4n) is 9.05. The summed E-state index contributed by atoms with van der Waals surface area (Å²) >= 11 is 0. The molecular formula is C29H46O2. The largest absolute Gasteiger partial charge is 0.393 e. The van der Waals surface area contributed by atoms with Crippen LogP contribution < -0.4 is 0 Å². The first-order chi connectivity index (χ1) is 14.4. The molecule has 0 aromatic heterocycles. The molecule has 4 aliphatic carbocycles. The summed E-state index contributed by atoms with van der Waals surface area (Å²) in [6.45, 7) is 16.1. The molecule has 0 spiro atoms. The molecule has 0 bridgehead atoms. The lowest BCUT2D eigenvalue weighted by Gasteiger charge is -2.60. The zero-order valence-corrected chi connectivity index (χ0v) is 21.1. The maximum Gasteiger partial charge on any atom is 0.142 e. The van der Waals surface area contributed by atoms with Gasteiger partial charge in [-0.1, -0.05) is 44.1 Å². The average Bonchev–Trinajstić information content (AvgIpc) is 2.96. The fraction of sp³-hybridized carbons (Fsp3) is 0.828. The summed E-state index contributed by atoms with van der Waals surface area (Å²) in [6, 6.07) is 0. The van der Waals surface area contributed by atoms with Gasteiger partial charge in [0.2, 0.25) is 0 Å². The second-order valence-electron chi connectivity index (χ2n) is 12.9. The molecule has 0 heterocycles. The van der Waals surface area contributed by atoms with E-state index in [0.717, 1.165) is 32.1 Å². The number of aliphatic hydroxyl groups excluding tert-OH is 1. The van der Waals surface area contributed by atoms with Gasteiger partial charge in [0.1, 0.15) is 5.78 Å². The van der Waals surface area contributed by atoms with E-state index in [1.165, 1.54) is 30.4 Å². The van der Waals surface area contributed by atoms with Gasteiger partial charge in [0.05, 0.1) is 6.10 Å². The third kappa shape index (κ3) is 3.51. The first kappa shape index (κ1) is 23.3. The number of Topliss-reactive ketones (excluding diaryl/α,β-unsaturated/α-hetero) is 1. The van der Waals surface area contributed by atoms with Crippen molar-refractivity contribution in [2.75, 3.05) is 0 Å². The van der Waals surface area contributed by atoms with Gasteiger partial charge in [-0.2, -0.15) is 0 Å². The van der Waals surface area contributed by atoms with Gasteiger partial charge < -0.3 is 5.11 Å². The van der Waals surface area contributed by atoms with Gasteiger partial charge in [-0.05, 0) is 113 Å². The third-order valence-electron chi connectivity index (χ3n) is 10.6. The topological polar surface area (TPSA) is 37.3 Å². The lowest BCUT2D eigenvalue weighted by molar-refractivity contribution is -0.133. The molecule has 8 atom stereocenters. The molecule has 3 fully saturated rings. The van der Waals surface area contributed by atoms with Crippen molar-refractivity contribution in [1.29, 1.82) is 0 Å². The molecule has 0 aromatic carbocycles. The van der Waals surface area contributed by atoms with E-state index >= 15 is 0 Å². The molecule has 31 heavy (non-hydrogen) atoms. The van der Waals surface area contributed by atoms with Gasteiger partial charge in [-0.15, -0.1) is 0 Å². The van der Waals surface area contributed by atoms with Crippen molar-refractivity contribution in [3.05, 3.63) is 23.3 Å². The van der Waals surface area contributed by atoms with Gasteiger partial charge in [0.15, 0.2) is 0 Å². The van der Waals surface area contributed by atoms with Crippen LogP contribution in [0, 0.1) is 45.8 Å². The van der Waals surface area contributed by atoms with Crippen molar-refractivity contribution in [3.63, 3.8) is 0 Å². The smallest absolute Gasteiger partial charge is 0.142 e. The minimum Gasteiger partial charge on any atom is -0.393 e. The summed E-state index contributed by atoms with van der Waals surface area (Å²) in [5, 5.41) is 11.4. The lowest BCUT2D eigenvalue weighted by atomic mass is 9.44. The van der Waals surface area contributed by atoms with Crippen LogP contribution in [0.1, 0.15) is 99.8 Å². The molecule has 0 saturated heterocycles. The Hall–Kier alpha value is -0.890. The molecule has 3 saturated carbocycles. The SMILES string of the molecule is CC(C)=CCC[C@@H](C)[C@H]1C[C@@H](O)[C@H]2[C@@H]3CC=C4C(C)(C)C(=O)CC[C@]4(C)[C@H]3CC[C@@]21C. The summed E-state index contributed by atoms with van der Waals surface area (Å²) in [7, 11) is 0. The van der Waals surface area contributed by atoms with Crippen molar-refractivity contribution in [3.8, 4) is 0 Å². The maximum atomic E-state index is 12.7. The summed E-state index contributed by atoms with van der Waals surface area (Å²) in [5.74, 6) is 3.31. The van der Waals surface area contributed by atoms with Crippen LogP contribution in [0.25, 0.3) is 0 Å². The molecule has 174 valence electrons.